The van der Waals surface area contributed by atoms with Crippen LogP contribution in [0.4, 0.5) is 18.0 Å². The van der Waals surface area contributed by atoms with Gasteiger partial charge in [-0.25, -0.2) is 4.79 Å². The molecule has 2 aliphatic carbocycles. The van der Waals surface area contributed by atoms with E-state index in [4.69, 9.17) is 9.84 Å². The first kappa shape index (κ1) is 24.6. The number of carbonyl (C=O) groups excluding carboxylic acids is 2. The molecule has 1 saturated carbocycles. The van der Waals surface area contributed by atoms with Crippen LogP contribution in [-0.2, 0) is 14.3 Å². The fourth-order valence-electron chi connectivity index (χ4n) is 4.52. The Balaban J connectivity index is 1.24. The Morgan fingerprint density at radius 1 is 1.03 bits per heavy atom. The van der Waals surface area contributed by atoms with Crippen LogP contribution in [0.5, 0.6) is 0 Å². The van der Waals surface area contributed by atoms with Crippen LogP contribution in [0.15, 0.2) is 48.5 Å². The number of alkyl halides is 3. The number of fused-ring (bicyclic) bond motifs is 3. The largest absolute Gasteiger partial charge is 0.481 e. The van der Waals surface area contributed by atoms with Crippen molar-refractivity contribution in [2.75, 3.05) is 13.2 Å². The second kappa shape index (κ2) is 9.97. The smallest absolute Gasteiger partial charge is 0.408 e. The van der Waals surface area contributed by atoms with Crippen molar-refractivity contribution in [3.05, 3.63) is 59.7 Å². The average Bonchev–Trinajstić information content (AvgIpc) is 3.53. The Hall–Kier alpha value is -3.56. The maximum atomic E-state index is 13.1. The van der Waals surface area contributed by atoms with Gasteiger partial charge in [0.05, 0.1) is 0 Å². The zero-order valence-electron chi connectivity index (χ0n) is 18.7. The zero-order chi connectivity index (χ0) is 25.2. The third kappa shape index (κ3) is 5.75. The van der Waals surface area contributed by atoms with Crippen LogP contribution in [0.2, 0.25) is 0 Å². The van der Waals surface area contributed by atoms with Gasteiger partial charge in [0.1, 0.15) is 12.6 Å². The molecule has 1 fully saturated rings. The molecule has 0 heterocycles. The predicted octanol–water partition coefficient (Wildman–Crippen LogP) is 4.07. The van der Waals surface area contributed by atoms with E-state index in [-0.39, 0.29) is 25.0 Å². The number of carboxylic acid groups (broad SMARTS) is 1. The minimum Gasteiger partial charge on any atom is -0.481 e. The lowest BCUT2D eigenvalue weighted by Crippen LogP contribution is -2.46. The molecule has 0 aliphatic heterocycles. The van der Waals surface area contributed by atoms with Crippen molar-refractivity contribution in [3.8, 4) is 11.1 Å². The van der Waals surface area contributed by atoms with E-state index in [2.05, 4.69) is 5.32 Å². The third-order valence-corrected chi connectivity index (χ3v) is 6.47. The van der Waals surface area contributed by atoms with Crippen molar-refractivity contribution < 1.29 is 37.4 Å². The second-order valence-corrected chi connectivity index (χ2v) is 8.84. The minimum atomic E-state index is -4.74. The summed E-state index contributed by atoms with van der Waals surface area (Å²) in [5.41, 5.74) is 4.35. The van der Waals surface area contributed by atoms with Gasteiger partial charge in [-0.15, -0.1) is 0 Å². The van der Waals surface area contributed by atoms with Gasteiger partial charge in [0, 0.05) is 24.8 Å². The molecule has 10 heteroatoms. The van der Waals surface area contributed by atoms with Crippen LogP contribution in [0.1, 0.15) is 36.3 Å². The number of carboxylic acids is 1. The van der Waals surface area contributed by atoms with Gasteiger partial charge in [0.2, 0.25) is 5.91 Å². The van der Waals surface area contributed by atoms with E-state index in [1.54, 1.807) is 0 Å². The molecule has 4 rings (SSSR count). The highest BCUT2D eigenvalue weighted by Gasteiger charge is 2.47. The molecule has 0 aromatic heterocycles. The van der Waals surface area contributed by atoms with Gasteiger partial charge in [-0.1, -0.05) is 48.5 Å². The number of rotatable bonds is 9. The summed E-state index contributed by atoms with van der Waals surface area (Å²) in [5, 5.41) is 13.1. The van der Waals surface area contributed by atoms with Crippen LogP contribution in [0, 0.1) is 11.8 Å². The van der Waals surface area contributed by atoms with Crippen molar-refractivity contribution in [1.82, 2.24) is 10.6 Å². The van der Waals surface area contributed by atoms with E-state index in [9.17, 15) is 27.6 Å². The fraction of sp³-hybridized carbons (Fsp3) is 0.400. The normalized spacial score (nSPS) is 19.3. The van der Waals surface area contributed by atoms with E-state index in [0.717, 1.165) is 22.3 Å². The first-order valence-corrected chi connectivity index (χ1v) is 11.3. The SMILES string of the molecule is O=C(O)CC[C@H](NC(=O)[C@@H]1C[C@@H]1CNC(=O)OCC1c2ccccc2-c2ccccc21)C(F)(F)F. The Bertz CT molecular complexity index is 1070. The van der Waals surface area contributed by atoms with Gasteiger partial charge in [0.15, 0.2) is 0 Å². The van der Waals surface area contributed by atoms with E-state index < -0.39 is 48.9 Å². The van der Waals surface area contributed by atoms with Gasteiger partial charge in [-0.05, 0) is 41.0 Å². The lowest BCUT2D eigenvalue weighted by molar-refractivity contribution is -0.165. The van der Waals surface area contributed by atoms with Gasteiger partial charge in [-0.2, -0.15) is 13.2 Å². The Kier molecular flexibility index (Phi) is 7.00. The molecule has 0 unspecified atom stereocenters. The number of benzene rings is 2. The summed E-state index contributed by atoms with van der Waals surface area (Å²) in [6.45, 7) is 0.228. The summed E-state index contributed by atoms with van der Waals surface area (Å²) >= 11 is 0. The number of alkyl carbamates (subject to hydrolysis) is 1. The van der Waals surface area contributed by atoms with Gasteiger partial charge in [-0.3, -0.25) is 9.59 Å². The Morgan fingerprint density at radius 3 is 2.20 bits per heavy atom. The molecule has 3 N–H and O–H groups in total. The molecule has 0 bridgehead atoms. The molecular weight excluding hydrogens is 465 g/mol. The molecule has 2 amide bonds. The molecule has 7 nitrogen and oxygen atoms in total. The number of hydrogen-bond acceptors (Lipinski definition) is 4. The van der Waals surface area contributed by atoms with Crippen molar-refractivity contribution in [3.63, 3.8) is 0 Å². The molecule has 0 saturated heterocycles. The van der Waals surface area contributed by atoms with Crippen LogP contribution in [0.25, 0.3) is 11.1 Å². The number of carbonyl (C=O) groups is 3. The van der Waals surface area contributed by atoms with E-state index in [0.29, 0.717) is 6.42 Å². The summed E-state index contributed by atoms with van der Waals surface area (Å²) in [5.74, 6) is -3.23. The molecule has 0 spiro atoms. The molecule has 186 valence electrons. The molecule has 35 heavy (non-hydrogen) atoms. The first-order valence-electron chi connectivity index (χ1n) is 11.3. The molecule has 0 radical (unpaired) electrons. The third-order valence-electron chi connectivity index (χ3n) is 6.47. The molecule has 2 aromatic rings. The fourth-order valence-corrected chi connectivity index (χ4v) is 4.52. The minimum absolute atomic E-state index is 0.0978. The molecule has 2 aromatic carbocycles. The molecule has 2 aliphatic rings. The van der Waals surface area contributed by atoms with Gasteiger partial charge >= 0.3 is 18.2 Å². The lowest BCUT2D eigenvalue weighted by Gasteiger charge is -2.21. The lowest BCUT2D eigenvalue weighted by atomic mass is 9.98. The summed E-state index contributed by atoms with van der Waals surface area (Å²) in [7, 11) is 0. The predicted molar refractivity (Wildman–Crippen MR) is 120 cm³/mol. The maximum Gasteiger partial charge on any atom is 0.408 e. The van der Waals surface area contributed by atoms with Gasteiger partial charge in [0.25, 0.3) is 0 Å². The Morgan fingerprint density at radius 2 is 1.63 bits per heavy atom. The highest BCUT2D eigenvalue weighted by molar-refractivity contribution is 5.82. The van der Waals surface area contributed by atoms with Crippen molar-refractivity contribution in [1.29, 1.82) is 0 Å². The van der Waals surface area contributed by atoms with Crippen molar-refractivity contribution >= 4 is 18.0 Å². The second-order valence-electron chi connectivity index (χ2n) is 8.84. The van der Waals surface area contributed by atoms with E-state index in [1.165, 1.54) is 0 Å². The molecular formula is C25H25F3N2O5. The number of nitrogens with one attached hydrogen (secondary N) is 2. The summed E-state index contributed by atoms with van der Waals surface area (Å²) < 4.78 is 44.7. The number of ether oxygens (including phenoxy) is 1. The number of amides is 2. The maximum absolute atomic E-state index is 13.1. The highest BCUT2D eigenvalue weighted by Crippen LogP contribution is 2.44. The Labute approximate surface area is 199 Å². The van der Waals surface area contributed by atoms with Crippen LogP contribution in [-0.4, -0.2) is 48.4 Å². The van der Waals surface area contributed by atoms with Crippen molar-refractivity contribution in [2.24, 2.45) is 11.8 Å². The topological polar surface area (TPSA) is 105 Å². The highest BCUT2D eigenvalue weighted by atomic mass is 19.4. The van der Waals surface area contributed by atoms with Crippen LogP contribution >= 0.6 is 0 Å². The van der Waals surface area contributed by atoms with Gasteiger partial charge < -0.3 is 20.5 Å². The number of halogens is 3. The summed E-state index contributed by atoms with van der Waals surface area (Å²) in [6, 6.07) is 13.6. The molecule has 3 atom stereocenters. The number of aliphatic carboxylic acids is 1. The first-order chi connectivity index (χ1) is 16.6. The monoisotopic (exact) mass is 490 g/mol. The quantitative estimate of drug-likeness (QED) is 0.492. The summed E-state index contributed by atoms with van der Waals surface area (Å²) in [4.78, 5) is 35.0. The number of hydrogen-bond donors (Lipinski definition) is 3. The van der Waals surface area contributed by atoms with Crippen molar-refractivity contribution in [2.45, 2.75) is 37.4 Å². The van der Waals surface area contributed by atoms with Crippen LogP contribution < -0.4 is 10.6 Å². The zero-order valence-corrected chi connectivity index (χ0v) is 18.7. The van der Waals surface area contributed by atoms with E-state index in [1.807, 2.05) is 53.8 Å². The van der Waals surface area contributed by atoms with Crippen LogP contribution in [0.3, 0.4) is 0 Å². The average molecular weight is 490 g/mol. The van der Waals surface area contributed by atoms with E-state index >= 15 is 0 Å². The summed E-state index contributed by atoms with van der Waals surface area (Å²) in [6.07, 6.45) is -6.51. The standard InChI is InChI=1S/C25H25F3N2O5/c26-25(27,28)21(9-10-22(31)32)30-23(33)19-11-14(19)12-29-24(34)35-13-20-17-7-3-1-5-15(17)16-6-2-4-8-18(16)20/h1-8,14,19-21H,9-13H2,(H,29,34)(H,30,33)(H,31,32)/t14-,19-,21+/m1/s1.